The Hall–Kier alpha value is -2.41. The summed E-state index contributed by atoms with van der Waals surface area (Å²) < 4.78 is 0. The molecule has 1 N–H and O–H groups in total. The molecule has 1 atom stereocenters. The second-order valence-electron chi connectivity index (χ2n) is 5.92. The van der Waals surface area contributed by atoms with E-state index in [9.17, 15) is 9.59 Å². The first-order valence-electron chi connectivity index (χ1n) is 7.85. The highest BCUT2D eigenvalue weighted by molar-refractivity contribution is 7.12. The predicted octanol–water partition coefficient (Wildman–Crippen LogP) is 2.45. The third-order valence-electron chi connectivity index (χ3n) is 4.02. The first-order valence-corrected chi connectivity index (χ1v) is 8.73. The van der Waals surface area contributed by atoms with Gasteiger partial charge in [0.2, 0.25) is 5.91 Å². The van der Waals surface area contributed by atoms with E-state index in [2.05, 4.69) is 10.3 Å². The molecule has 3 rings (SSSR count). The van der Waals surface area contributed by atoms with Crippen LogP contribution < -0.4 is 10.2 Å². The molecule has 2 aromatic heterocycles. The third-order valence-corrected chi connectivity index (χ3v) is 4.88. The number of carbonyl (C=O) groups excluding carboxylic acids is 2. The molecule has 1 aliphatic heterocycles. The molecule has 7 heteroatoms. The van der Waals surface area contributed by atoms with E-state index in [0.29, 0.717) is 23.5 Å². The van der Waals surface area contributed by atoms with Gasteiger partial charge in [-0.3, -0.25) is 9.59 Å². The summed E-state index contributed by atoms with van der Waals surface area (Å²) in [7, 11) is 3.82. The van der Waals surface area contributed by atoms with Crippen LogP contribution in [0.1, 0.15) is 22.5 Å². The maximum Gasteiger partial charge on any atom is 0.264 e. The minimum Gasteiger partial charge on any atom is -0.363 e. The van der Waals surface area contributed by atoms with Crippen LogP contribution in [0.3, 0.4) is 0 Å². The van der Waals surface area contributed by atoms with Crippen LogP contribution in [0.5, 0.6) is 0 Å². The summed E-state index contributed by atoms with van der Waals surface area (Å²) >= 11 is 1.40. The van der Waals surface area contributed by atoms with E-state index < -0.39 is 6.04 Å². The highest BCUT2D eigenvalue weighted by Gasteiger charge is 2.34. The van der Waals surface area contributed by atoms with Crippen LogP contribution >= 0.6 is 11.3 Å². The van der Waals surface area contributed by atoms with E-state index in [1.54, 1.807) is 17.2 Å². The van der Waals surface area contributed by atoms with Gasteiger partial charge in [0.25, 0.3) is 5.91 Å². The Morgan fingerprint density at radius 2 is 2.17 bits per heavy atom. The standard InChI is InChI=1S/C17H20N4O2S/c1-20(2)15-8-7-12(11-18-15)19-16(22)13-5-3-9-21(13)17(23)14-6-4-10-24-14/h4,6-8,10-11,13H,3,5,9H2,1-2H3,(H,19,22)/t13-/m0/s1. The topological polar surface area (TPSA) is 65.5 Å². The van der Waals surface area contributed by atoms with E-state index in [0.717, 1.165) is 12.2 Å². The molecule has 1 fully saturated rings. The number of thiophene rings is 1. The zero-order valence-electron chi connectivity index (χ0n) is 13.7. The van der Waals surface area contributed by atoms with Crippen molar-refractivity contribution >= 4 is 34.7 Å². The lowest BCUT2D eigenvalue weighted by atomic mass is 10.2. The van der Waals surface area contributed by atoms with Gasteiger partial charge in [-0.05, 0) is 36.4 Å². The lowest BCUT2D eigenvalue weighted by molar-refractivity contribution is -0.119. The number of nitrogens with one attached hydrogen (secondary N) is 1. The number of carbonyl (C=O) groups is 2. The monoisotopic (exact) mass is 344 g/mol. The molecular formula is C17H20N4O2S. The van der Waals surface area contributed by atoms with Crippen LogP contribution in [0, 0.1) is 0 Å². The summed E-state index contributed by atoms with van der Waals surface area (Å²) in [6.45, 7) is 0.618. The maximum absolute atomic E-state index is 12.6. The maximum atomic E-state index is 12.6. The Morgan fingerprint density at radius 3 is 2.79 bits per heavy atom. The summed E-state index contributed by atoms with van der Waals surface area (Å²) in [4.78, 5) is 33.6. The number of amides is 2. The smallest absolute Gasteiger partial charge is 0.264 e. The first kappa shape index (κ1) is 16.4. The normalized spacial score (nSPS) is 16.9. The number of nitrogens with zero attached hydrogens (tertiary/aromatic N) is 3. The van der Waals surface area contributed by atoms with Crippen molar-refractivity contribution in [2.24, 2.45) is 0 Å². The lowest BCUT2D eigenvalue weighted by Crippen LogP contribution is -2.42. The molecule has 0 bridgehead atoms. The number of likely N-dealkylation sites (tertiary alicyclic amines) is 1. The molecule has 0 saturated carbocycles. The Bertz CT molecular complexity index is 713. The van der Waals surface area contributed by atoms with Crippen LogP contribution in [0.4, 0.5) is 11.5 Å². The molecule has 0 aromatic carbocycles. The van der Waals surface area contributed by atoms with Crippen LogP contribution in [0.25, 0.3) is 0 Å². The van der Waals surface area contributed by atoms with E-state index in [1.807, 2.05) is 42.6 Å². The van der Waals surface area contributed by atoms with E-state index in [-0.39, 0.29) is 11.8 Å². The van der Waals surface area contributed by atoms with Crippen LogP contribution in [0.2, 0.25) is 0 Å². The van der Waals surface area contributed by atoms with Crippen molar-refractivity contribution in [1.82, 2.24) is 9.88 Å². The summed E-state index contributed by atoms with van der Waals surface area (Å²) in [6, 6.07) is 6.89. The van der Waals surface area contributed by atoms with Gasteiger partial charge in [-0.25, -0.2) is 4.98 Å². The van der Waals surface area contributed by atoms with Crippen LogP contribution in [0.15, 0.2) is 35.8 Å². The number of rotatable bonds is 4. The molecular weight excluding hydrogens is 324 g/mol. The SMILES string of the molecule is CN(C)c1ccc(NC(=O)[C@@H]2CCCN2C(=O)c2cccs2)cn1. The predicted molar refractivity (Wildman–Crippen MR) is 95.6 cm³/mol. The molecule has 2 aromatic rings. The van der Waals surface area contributed by atoms with Crippen molar-refractivity contribution in [3.05, 3.63) is 40.7 Å². The molecule has 0 aliphatic carbocycles. The Labute approximate surface area is 145 Å². The molecule has 0 unspecified atom stereocenters. The summed E-state index contributed by atoms with van der Waals surface area (Å²) in [5.74, 6) is 0.601. The number of pyridine rings is 1. The van der Waals surface area contributed by atoms with Crippen molar-refractivity contribution in [1.29, 1.82) is 0 Å². The molecule has 0 spiro atoms. The van der Waals surface area contributed by atoms with Crippen LogP contribution in [-0.4, -0.2) is 48.4 Å². The average molecular weight is 344 g/mol. The fraction of sp³-hybridized carbons (Fsp3) is 0.353. The summed E-state index contributed by atoms with van der Waals surface area (Å²) in [6.07, 6.45) is 3.16. The Morgan fingerprint density at radius 1 is 1.33 bits per heavy atom. The van der Waals surface area contributed by atoms with Gasteiger partial charge < -0.3 is 15.1 Å². The highest BCUT2D eigenvalue weighted by Crippen LogP contribution is 2.23. The highest BCUT2D eigenvalue weighted by atomic mass is 32.1. The fourth-order valence-corrected chi connectivity index (χ4v) is 3.45. The largest absolute Gasteiger partial charge is 0.363 e. The van der Waals surface area contributed by atoms with Gasteiger partial charge in [-0.2, -0.15) is 0 Å². The van der Waals surface area contributed by atoms with Gasteiger partial charge >= 0.3 is 0 Å². The molecule has 2 amide bonds. The minimum absolute atomic E-state index is 0.0660. The van der Waals surface area contributed by atoms with Crippen molar-refractivity contribution in [2.45, 2.75) is 18.9 Å². The lowest BCUT2D eigenvalue weighted by Gasteiger charge is -2.23. The summed E-state index contributed by atoms with van der Waals surface area (Å²) in [5, 5.41) is 4.74. The first-order chi connectivity index (χ1) is 11.6. The van der Waals surface area contributed by atoms with Crippen molar-refractivity contribution in [3.63, 3.8) is 0 Å². The number of hydrogen-bond acceptors (Lipinski definition) is 5. The second kappa shape index (κ2) is 7.00. The van der Waals surface area contributed by atoms with Gasteiger partial charge in [0.05, 0.1) is 16.8 Å². The minimum atomic E-state index is -0.423. The van der Waals surface area contributed by atoms with Gasteiger partial charge in [0.15, 0.2) is 0 Å². The fourth-order valence-electron chi connectivity index (χ4n) is 2.77. The van der Waals surface area contributed by atoms with Crippen molar-refractivity contribution in [3.8, 4) is 0 Å². The van der Waals surface area contributed by atoms with E-state index in [4.69, 9.17) is 0 Å². The Kier molecular flexibility index (Phi) is 4.80. The quantitative estimate of drug-likeness (QED) is 0.925. The van der Waals surface area contributed by atoms with Gasteiger partial charge in [0.1, 0.15) is 11.9 Å². The molecule has 24 heavy (non-hydrogen) atoms. The second-order valence-corrected chi connectivity index (χ2v) is 6.87. The molecule has 1 aliphatic rings. The zero-order valence-corrected chi connectivity index (χ0v) is 14.5. The summed E-state index contributed by atoms with van der Waals surface area (Å²) in [5.41, 5.74) is 0.640. The third kappa shape index (κ3) is 3.41. The molecule has 126 valence electrons. The molecule has 0 radical (unpaired) electrons. The molecule has 6 nitrogen and oxygen atoms in total. The Balaban J connectivity index is 1.68. The van der Waals surface area contributed by atoms with Gasteiger partial charge in [-0.15, -0.1) is 11.3 Å². The van der Waals surface area contributed by atoms with Gasteiger partial charge in [-0.1, -0.05) is 6.07 Å². The number of aromatic nitrogens is 1. The average Bonchev–Trinajstić information content (AvgIpc) is 3.26. The van der Waals surface area contributed by atoms with Crippen molar-refractivity contribution < 1.29 is 9.59 Å². The van der Waals surface area contributed by atoms with Gasteiger partial charge in [0, 0.05) is 20.6 Å². The van der Waals surface area contributed by atoms with Crippen molar-refractivity contribution in [2.75, 3.05) is 30.9 Å². The number of hydrogen-bond donors (Lipinski definition) is 1. The molecule has 1 saturated heterocycles. The molecule has 3 heterocycles. The van der Waals surface area contributed by atoms with E-state index in [1.165, 1.54) is 11.3 Å². The number of anilines is 2. The van der Waals surface area contributed by atoms with E-state index >= 15 is 0 Å². The zero-order chi connectivity index (χ0) is 17.1. The van der Waals surface area contributed by atoms with Crippen LogP contribution in [-0.2, 0) is 4.79 Å².